The smallest absolute Gasteiger partial charge is 0.205 e. The molecule has 10 rings (SSSR count). The number of nitrogens with zero attached hydrogens (tertiary/aromatic N) is 1. The molecule has 0 N–H and O–H groups in total. The zero-order valence-corrected chi connectivity index (χ0v) is 28.4. The Labute approximate surface area is 302 Å². The van der Waals surface area contributed by atoms with Crippen LogP contribution in [0.2, 0.25) is 0 Å². The van der Waals surface area contributed by atoms with Gasteiger partial charge < -0.3 is 4.42 Å². The third kappa shape index (κ3) is 5.39. The lowest BCUT2D eigenvalue weighted by Crippen LogP contribution is -2.08. The van der Waals surface area contributed by atoms with Gasteiger partial charge in [-0.25, -0.2) is 0 Å². The zero-order valence-electron chi connectivity index (χ0n) is 28.4. The van der Waals surface area contributed by atoms with Crippen LogP contribution in [0.15, 0.2) is 205 Å². The fourth-order valence-electron chi connectivity index (χ4n) is 7.47. The molecule has 0 aliphatic carbocycles. The molecule has 9 aromatic carbocycles. The first-order valence-corrected chi connectivity index (χ1v) is 17.7. The van der Waals surface area contributed by atoms with Crippen molar-refractivity contribution in [2.45, 2.75) is 0 Å². The fourth-order valence-corrected chi connectivity index (χ4v) is 7.47. The molecule has 2 heteroatoms. The van der Waals surface area contributed by atoms with E-state index in [9.17, 15) is 0 Å². The highest BCUT2D eigenvalue weighted by molar-refractivity contribution is 6.05. The lowest BCUT2D eigenvalue weighted by molar-refractivity contribution is 0.624. The minimum Gasteiger partial charge on any atom is -0.439 e. The van der Waals surface area contributed by atoms with E-state index < -0.39 is 0 Å². The Kier molecular flexibility index (Phi) is 7.18. The van der Waals surface area contributed by atoms with Gasteiger partial charge >= 0.3 is 0 Å². The topological polar surface area (TPSA) is 16.4 Å². The van der Waals surface area contributed by atoms with Crippen LogP contribution in [0, 0.1) is 0 Å². The molecule has 244 valence electrons. The van der Waals surface area contributed by atoms with E-state index >= 15 is 0 Å². The van der Waals surface area contributed by atoms with Crippen molar-refractivity contribution in [1.82, 2.24) is 0 Å². The highest BCUT2D eigenvalue weighted by Crippen LogP contribution is 2.41. The molecule has 0 bridgehead atoms. The van der Waals surface area contributed by atoms with E-state index in [-0.39, 0.29) is 0 Å². The van der Waals surface area contributed by atoms with Gasteiger partial charge in [-0.15, -0.1) is 0 Å². The van der Waals surface area contributed by atoms with Gasteiger partial charge in [0.2, 0.25) is 5.88 Å². The van der Waals surface area contributed by atoms with Gasteiger partial charge in [0.15, 0.2) is 0 Å². The third-order valence-corrected chi connectivity index (χ3v) is 10.3. The summed E-state index contributed by atoms with van der Waals surface area (Å²) in [5, 5.41) is 8.35. The lowest BCUT2D eigenvalue weighted by atomic mass is 9.98. The summed E-state index contributed by atoms with van der Waals surface area (Å²) in [6, 6.07) is 71.7. The van der Waals surface area contributed by atoms with E-state index in [4.69, 9.17) is 4.42 Å². The Bertz CT molecular complexity index is 2880. The Hall–Kier alpha value is -6.90. The zero-order chi connectivity index (χ0) is 34.4. The first-order chi connectivity index (χ1) is 25.7. The van der Waals surface area contributed by atoms with Crippen molar-refractivity contribution in [1.29, 1.82) is 0 Å². The normalized spacial score (nSPS) is 11.5. The highest BCUT2D eigenvalue weighted by Gasteiger charge is 2.19. The van der Waals surface area contributed by atoms with Crippen molar-refractivity contribution in [3.63, 3.8) is 0 Å². The molecule has 52 heavy (non-hydrogen) atoms. The first kappa shape index (κ1) is 30.0. The molecule has 0 atom stereocenters. The molecule has 0 aliphatic heterocycles. The number of furan rings is 1. The molecule has 0 radical (unpaired) electrons. The van der Waals surface area contributed by atoms with Crippen molar-refractivity contribution in [3.05, 3.63) is 200 Å². The minimum absolute atomic E-state index is 0.775. The Balaban J connectivity index is 1.01. The van der Waals surface area contributed by atoms with Gasteiger partial charge in [0.05, 0.1) is 0 Å². The third-order valence-electron chi connectivity index (χ3n) is 10.3. The highest BCUT2D eigenvalue weighted by atomic mass is 16.4. The maximum atomic E-state index is 6.74. The van der Waals surface area contributed by atoms with Crippen LogP contribution in [0.1, 0.15) is 0 Å². The van der Waals surface area contributed by atoms with Crippen molar-refractivity contribution in [2.24, 2.45) is 0 Å². The van der Waals surface area contributed by atoms with E-state index in [1.54, 1.807) is 0 Å². The van der Waals surface area contributed by atoms with Crippen LogP contribution in [0.4, 0.5) is 17.3 Å². The second-order valence-corrected chi connectivity index (χ2v) is 13.4. The summed E-state index contributed by atoms with van der Waals surface area (Å²) in [5.74, 6) is 0.775. The van der Waals surface area contributed by atoms with Gasteiger partial charge in [-0.05, 0) is 96.7 Å². The molecular formula is C50H33NO. The lowest BCUT2D eigenvalue weighted by Gasteiger charge is -2.23. The van der Waals surface area contributed by atoms with Crippen LogP contribution in [0.25, 0.3) is 76.7 Å². The molecule has 1 aromatic heterocycles. The molecule has 0 spiro atoms. The quantitative estimate of drug-likeness (QED) is 0.176. The van der Waals surface area contributed by atoms with E-state index in [1.807, 2.05) is 0 Å². The number of anilines is 3. The van der Waals surface area contributed by atoms with Crippen LogP contribution < -0.4 is 4.90 Å². The predicted molar refractivity (Wildman–Crippen MR) is 220 cm³/mol. The molecule has 0 saturated carbocycles. The van der Waals surface area contributed by atoms with E-state index in [2.05, 4.69) is 205 Å². The summed E-state index contributed by atoms with van der Waals surface area (Å²) in [5.41, 5.74) is 10.1. The Morgan fingerprint density at radius 2 is 0.673 bits per heavy atom. The monoisotopic (exact) mass is 663 g/mol. The maximum Gasteiger partial charge on any atom is 0.205 e. The number of benzene rings is 9. The molecule has 0 amide bonds. The Morgan fingerprint density at radius 3 is 1.21 bits per heavy atom. The largest absolute Gasteiger partial charge is 0.439 e. The summed E-state index contributed by atoms with van der Waals surface area (Å²) >= 11 is 0. The average Bonchev–Trinajstić information content (AvgIpc) is 3.66. The van der Waals surface area contributed by atoms with Crippen molar-refractivity contribution in [2.75, 3.05) is 4.90 Å². The van der Waals surface area contributed by atoms with Gasteiger partial charge in [0, 0.05) is 28.2 Å². The summed E-state index contributed by atoms with van der Waals surface area (Å²) in [6.07, 6.45) is 0. The van der Waals surface area contributed by atoms with Crippen LogP contribution in [0.3, 0.4) is 0 Å². The number of fused-ring (bicyclic) bond motifs is 5. The van der Waals surface area contributed by atoms with Gasteiger partial charge in [0.25, 0.3) is 0 Å². The van der Waals surface area contributed by atoms with Crippen LogP contribution in [-0.2, 0) is 0 Å². The van der Waals surface area contributed by atoms with Gasteiger partial charge in [-0.2, -0.15) is 0 Å². The van der Waals surface area contributed by atoms with Crippen molar-refractivity contribution in [3.8, 4) is 33.4 Å². The predicted octanol–water partition coefficient (Wildman–Crippen LogP) is 14.4. The summed E-state index contributed by atoms with van der Waals surface area (Å²) in [7, 11) is 0. The first-order valence-electron chi connectivity index (χ1n) is 17.7. The minimum atomic E-state index is 0.775. The molecule has 10 aromatic rings. The van der Waals surface area contributed by atoms with Crippen molar-refractivity contribution >= 4 is 60.5 Å². The van der Waals surface area contributed by atoms with Crippen molar-refractivity contribution < 1.29 is 4.42 Å². The van der Waals surface area contributed by atoms with E-state index in [1.165, 1.54) is 49.4 Å². The molecule has 0 unspecified atom stereocenters. The SMILES string of the molecule is c1ccc2cc(-c3ccc(-c4ccc(N(c5ccc(-c6ccc7ccccc7c6)cc5)c5cc6ccc7ccccc7c6o5)cc4)cc3)ccc2c1. The summed E-state index contributed by atoms with van der Waals surface area (Å²) in [6.45, 7) is 0. The van der Waals surface area contributed by atoms with Crippen LogP contribution in [0.5, 0.6) is 0 Å². The number of hydrogen-bond acceptors (Lipinski definition) is 2. The number of hydrogen-bond donors (Lipinski definition) is 0. The Morgan fingerprint density at radius 1 is 0.288 bits per heavy atom. The van der Waals surface area contributed by atoms with Gasteiger partial charge in [-0.3, -0.25) is 4.90 Å². The standard InChI is InChI=1S/C50H33NO/c1-3-10-41-31-43(20-17-34(41)7-1)38-15-13-36(14-16-38)37-23-27-46(28-24-37)51(49-33-45-22-19-40-9-5-6-12-48(40)50(45)52-49)47-29-25-39(26-30-47)44-21-18-35-8-2-4-11-42(35)32-44/h1-33H. The van der Waals surface area contributed by atoms with Crippen LogP contribution >= 0.6 is 0 Å². The molecule has 0 saturated heterocycles. The van der Waals surface area contributed by atoms with Gasteiger partial charge in [-0.1, -0.05) is 158 Å². The second-order valence-electron chi connectivity index (χ2n) is 13.4. The fraction of sp³-hybridized carbons (Fsp3) is 0. The van der Waals surface area contributed by atoms with Crippen LogP contribution in [-0.4, -0.2) is 0 Å². The summed E-state index contributed by atoms with van der Waals surface area (Å²) in [4.78, 5) is 2.21. The molecule has 1 heterocycles. The molecule has 0 fully saturated rings. The maximum absolute atomic E-state index is 6.74. The second kappa shape index (κ2) is 12.5. The molecular weight excluding hydrogens is 631 g/mol. The summed E-state index contributed by atoms with van der Waals surface area (Å²) < 4.78 is 6.74. The van der Waals surface area contributed by atoms with E-state index in [0.717, 1.165) is 44.6 Å². The van der Waals surface area contributed by atoms with Gasteiger partial charge in [0.1, 0.15) is 5.58 Å². The number of rotatable bonds is 6. The van der Waals surface area contributed by atoms with E-state index in [0.29, 0.717) is 0 Å². The molecule has 0 aliphatic rings. The average molecular weight is 664 g/mol. The molecule has 2 nitrogen and oxygen atoms in total.